The average molecular weight is 257 g/mol. The fraction of sp³-hybridized carbons (Fsp3) is 0.923. The maximum absolute atomic E-state index is 12.1. The van der Waals surface area contributed by atoms with Crippen molar-refractivity contribution < 1.29 is 9.90 Å². The van der Waals surface area contributed by atoms with Gasteiger partial charge < -0.3 is 15.3 Å². The summed E-state index contributed by atoms with van der Waals surface area (Å²) in [5, 5.41) is 12.2. The number of β-amino-alcohol motifs (C(OH)–C–C–N with tert-alkyl or cyclic N) is 1. The first-order valence-electron chi connectivity index (χ1n) is 7.01. The Morgan fingerprint density at radius 2 is 2.11 bits per heavy atom. The molecule has 0 aliphatic carbocycles. The van der Waals surface area contributed by atoms with Crippen LogP contribution in [0.5, 0.6) is 0 Å². The topological polar surface area (TPSA) is 55.8 Å². The number of hydrogen-bond acceptors (Lipinski definition) is 4. The molecule has 2 N–H and O–H groups in total. The van der Waals surface area contributed by atoms with Crippen LogP contribution in [0.25, 0.3) is 0 Å². The SMILES string of the molecule is CCNC(C)CC(=O)N1CCCN(CCO)CC1. The summed E-state index contributed by atoms with van der Waals surface area (Å²) in [4.78, 5) is 16.3. The van der Waals surface area contributed by atoms with Crippen LogP contribution >= 0.6 is 0 Å². The van der Waals surface area contributed by atoms with Crippen molar-refractivity contribution in [2.24, 2.45) is 0 Å². The van der Waals surface area contributed by atoms with Gasteiger partial charge in [0.2, 0.25) is 5.91 Å². The standard InChI is InChI=1S/C13H27N3O2/c1-3-14-12(2)11-13(18)16-6-4-5-15(7-8-16)9-10-17/h12,14,17H,3-11H2,1-2H3. The third-order valence-electron chi connectivity index (χ3n) is 3.39. The van der Waals surface area contributed by atoms with Crippen LogP contribution in [0, 0.1) is 0 Å². The van der Waals surface area contributed by atoms with Crippen molar-refractivity contribution in [3.63, 3.8) is 0 Å². The molecule has 0 bridgehead atoms. The number of aliphatic hydroxyl groups excluding tert-OH is 1. The van der Waals surface area contributed by atoms with E-state index in [4.69, 9.17) is 5.11 Å². The van der Waals surface area contributed by atoms with E-state index in [2.05, 4.69) is 24.1 Å². The van der Waals surface area contributed by atoms with Gasteiger partial charge in [-0.2, -0.15) is 0 Å². The molecule has 0 radical (unpaired) electrons. The molecule has 0 aromatic heterocycles. The van der Waals surface area contributed by atoms with Crippen molar-refractivity contribution in [1.82, 2.24) is 15.1 Å². The largest absolute Gasteiger partial charge is 0.395 e. The summed E-state index contributed by atoms with van der Waals surface area (Å²) in [6.45, 7) is 9.42. The second-order valence-electron chi connectivity index (χ2n) is 4.96. The highest BCUT2D eigenvalue weighted by molar-refractivity contribution is 5.76. The summed E-state index contributed by atoms with van der Waals surface area (Å²) in [5.41, 5.74) is 0. The van der Waals surface area contributed by atoms with Crippen molar-refractivity contribution in [2.75, 3.05) is 45.9 Å². The van der Waals surface area contributed by atoms with Crippen LogP contribution in [0.15, 0.2) is 0 Å². The van der Waals surface area contributed by atoms with Crippen LogP contribution in [-0.2, 0) is 4.79 Å². The molecule has 1 fully saturated rings. The molecule has 0 aromatic rings. The molecule has 0 spiro atoms. The summed E-state index contributed by atoms with van der Waals surface area (Å²) in [7, 11) is 0. The zero-order chi connectivity index (χ0) is 13.4. The zero-order valence-corrected chi connectivity index (χ0v) is 11.7. The lowest BCUT2D eigenvalue weighted by Crippen LogP contribution is -2.39. The van der Waals surface area contributed by atoms with E-state index in [-0.39, 0.29) is 18.6 Å². The highest BCUT2D eigenvalue weighted by Crippen LogP contribution is 2.06. The van der Waals surface area contributed by atoms with Gasteiger partial charge in [-0.25, -0.2) is 0 Å². The van der Waals surface area contributed by atoms with Crippen LogP contribution in [0.1, 0.15) is 26.7 Å². The van der Waals surface area contributed by atoms with Crippen LogP contribution in [0.2, 0.25) is 0 Å². The molecule has 1 heterocycles. The van der Waals surface area contributed by atoms with Crippen LogP contribution < -0.4 is 5.32 Å². The summed E-state index contributed by atoms with van der Waals surface area (Å²) in [5.74, 6) is 0.245. The number of aliphatic hydroxyl groups is 1. The average Bonchev–Trinajstić information content (AvgIpc) is 2.55. The minimum Gasteiger partial charge on any atom is -0.395 e. The van der Waals surface area contributed by atoms with Crippen molar-refractivity contribution >= 4 is 5.91 Å². The number of nitrogens with one attached hydrogen (secondary N) is 1. The number of rotatable bonds is 6. The van der Waals surface area contributed by atoms with E-state index in [9.17, 15) is 4.79 Å². The van der Waals surface area contributed by atoms with Gasteiger partial charge in [-0.1, -0.05) is 6.92 Å². The molecule has 0 aromatic carbocycles. The molecule has 1 saturated heterocycles. The molecule has 0 saturated carbocycles. The molecule has 5 heteroatoms. The van der Waals surface area contributed by atoms with Crippen LogP contribution in [0.3, 0.4) is 0 Å². The quantitative estimate of drug-likeness (QED) is 0.698. The van der Waals surface area contributed by atoms with E-state index >= 15 is 0 Å². The van der Waals surface area contributed by atoms with Crippen molar-refractivity contribution in [3.8, 4) is 0 Å². The van der Waals surface area contributed by atoms with Gasteiger partial charge in [0.25, 0.3) is 0 Å². The van der Waals surface area contributed by atoms with Gasteiger partial charge >= 0.3 is 0 Å². The summed E-state index contributed by atoms with van der Waals surface area (Å²) >= 11 is 0. The Morgan fingerprint density at radius 1 is 1.33 bits per heavy atom. The number of amides is 1. The minimum absolute atomic E-state index is 0.200. The lowest BCUT2D eigenvalue weighted by Gasteiger charge is -2.23. The summed E-state index contributed by atoms with van der Waals surface area (Å²) in [6, 6.07) is 0.249. The Bertz CT molecular complexity index is 248. The first-order chi connectivity index (χ1) is 8.67. The molecular weight excluding hydrogens is 230 g/mol. The van der Waals surface area contributed by atoms with Gasteiger partial charge in [0.15, 0.2) is 0 Å². The zero-order valence-electron chi connectivity index (χ0n) is 11.7. The van der Waals surface area contributed by atoms with Crippen LogP contribution in [-0.4, -0.2) is 72.7 Å². The number of carbonyl (C=O) groups excluding carboxylic acids is 1. The molecule has 5 nitrogen and oxygen atoms in total. The summed E-state index contributed by atoms with van der Waals surface area (Å²) < 4.78 is 0. The van der Waals surface area contributed by atoms with Gasteiger partial charge in [-0.05, 0) is 26.4 Å². The van der Waals surface area contributed by atoms with Gasteiger partial charge in [0, 0.05) is 38.6 Å². The summed E-state index contributed by atoms with van der Waals surface area (Å²) in [6.07, 6.45) is 1.58. The molecule has 1 unspecified atom stereocenters. The maximum Gasteiger partial charge on any atom is 0.224 e. The van der Waals surface area contributed by atoms with Crippen LogP contribution in [0.4, 0.5) is 0 Å². The highest BCUT2D eigenvalue weighted by atomic mass is 16.3. The first kappa shape index (κ1) is 15.4. The Kier molecular flexibility index (Phi) is 7.23. The second kappa shape index (κ2) is 8.45. The van der Waals surface area contributed by atoms with E-state index < -0.39 is 0 Å². The molecule has 1 amide bonds. The van der Waals surface area contributed by atoms with E-state index in [1.54, 1.807) is 0 Å². The Labute approximate surface area is 110 Å². The molecule has 1 rings (SSSR count). The van der Waals surface area contributed by atoms with E-state index in [1.807, 2.05) is 4.90 Å². The smallest absolute Gasteiger partial charge is 0.224 e. The Balaban J connectivity index is 2.35. The van der Waals surface area contributed by atoms with Gasteiger partial charge in [-0.15, -0.1) is 0 Å². The molecule has 1 atom stereocenters. The van der Waals surface area contributed by atoms with Gasteiger partial charge in [-0.3, -0.25) is 9.69 Å². The molecular formula is C13H27N3O2. The third-order valence-corrected chi connectivity index (χ3v) is 3.39. The normalized spacial score (nSPS) is 19.6. The van der Waals surface area contributed by atoms with E-state index in [1.165, 1.54) is 0 Å². The van der Waals surface area contributed by atoms with Crippen molar-refractivity contribution in [1.29, 1.82) is 0 Å². The fourth-order valence-electron chi connectivity index (χ4n) is 2.40. The Morgan fingerprint density at radius 3 is 2.78 bits per heavy atom. The highest BCUT2D eigenvalue weighted by Gasteiger charge is 2.19. The number of hydrogen-bond donors (Lipinski definition) is 2. The van der Waals surface area contributed by atoms with E-state index in [0.717, 1.165) is 45.7 Å². The predicted octanol–water partition coefficient (Wildman–Crippen LogP) is -0.0989. The second-order valence-corrected chi connectivity index (χ2v) is 4.96. The van der Waals surface area contributed by atoms with Crippen molar-refractivity contribution in [3.05, 3.63) is 0 Å². The number of carbonyl (C=O) groups is 1. The third kappa shape index (κ3) is 5.33. The first-order valence-corrected chi connectivity index (χ1v) is 7.01. The van der Waals surface area contributed by atoms with Crippen molar-refractivity contribution in [2.45, 2.75) is 32.7 Å². The molecule has 18 heavy (non-hydrogen) atoms. The lowest BCUT2D eigenvalue weighted by atomic mass is 10.2. The monoisotopic (exact) mass is 257 g/mol. The number of nitrogens with zero attached hydrogens (tertiary/aromatic N) is 2. The minimum atomic E-state index is 0.200. The molecule has 1 aliphatic heterocycles. The fourth-order valence-corrected chi connectivity index (χ4v) is 2.40. The Hall–Kier alpha value is -0.650. The maximum atomic E-state index is 12.1. The van der Waals surface area contributed by atoms with Gasteiger partial charge in [0.05, 0.1) is 6.61 Å². The van der Waals surface area contributed by atoms with Gasteiger partial charge in [0.1, 0.15) is 0 Å². The lowest BCUT2D eigenvalue weighted by molar-refractivity contribution is -0.131. The predicted molar refractivity (Wildman–Crippen MR) is 72.5 cm³/mol. The molecule has 106 valence electrons. The molecule has 1 aliphatic rings. The van der Waals surface area contributed by atoms with E-state index in [0.29, 0.717) is 6.42 Å².